The summed E-state index contributed by atoms with van der Waals surface area (Å²) in [5.41, 5.74) is 0.210. The molecule has 3 rings (SSSR count). The number of benzene rings is 1. The van der Waals surface area contributed by atoms with Crippen molar-refractivity contribution in [2.24, 2.45) is 0 Å². The summed E-state index contributed by atoms with van der Waals surface area (Å²) in [5.74, 6) is -1.08. The summed E-state index contributed by atoms with van der Waals surface area (Å²) in [6.45, 7) is 2.03. The van der Waals surface area contributed by atoms with E-state index < -0.39 is 17.7 Å². The molecule has 0 aliphatic carbocycles. The van der Waals surface area contributed by atoms with Crippen molar-refractivity contribution in [3.8, 4) is 11.3 Å². The van der Waals surface area contributed by atoms with Gasteiger partial charge >= 0.3 is 12.1 Å². The van der Waals surface area contributed by atoms with E-state index in [4.69, 9.17) is 5.11 Å². The molecule has 0 saturated heterocycles. The number of hydrogen-bond donors (Lipinski definition) is 1. The maximum absolute atomic E-state index is 12.9. The molecule has 5 nitrogen and oxygen atoms in total. The average molecular weight is 367 g/mol. The summed E-state index contributed by atoms with van der Waals surface area (Å²) in [7, 11) is 0. The Morgan fingerprint density at radius 1 is 1.36 bits per heavy atom. The van der Waals surface area contributed by atoms with Crippen LogP contribution in [0.2, 0.25) is 0 Å². The summed E-state index contributed by atoms with van der Waals surface area (Å²) in [6, 6.07) is 5.02. The van der Waals surface area contributed by atoms with E-state index in [0.29, 0.717) is 16.3 Å². The van der Waals surface area contributed by atoms with Crippen LogP contribution in [0.15, 0.2) is 36.7 Å². The van der Waals surface area contributed by atoms with Crippen molar-refractivity contribution in [3.63, 3.8) is 0 Å². The Kier molecular flexibility index (Phi) is 4.34. The molecule has 130 valence electrons. The number of thiazole rings is 1. The second-order valence-electron chi connectivity index (χ2n) is 5.32. The highest BCUT2D eigenvalue weighted by atomic mass is 32.1. The molecule has 0 unspecified atom stereocenters. The fourth-order valence-electron chi connectivity index (χ4n) is 2.33. The maximum Gasteiger partial charge on any atom is 0.416 e. The first kappa shape index (κ1) is 17.2. The molecule has 0 spiro atoms. The van der Waals surface area contributed by atoms with Crippen molar-refractivity contribution in [1.29, 1.82) is 0 Å². The zero-order valence-corrected chi connectivity index (χ0v) is 13.7. The van der Waals surface area contributed by atoms with Crippen LogP contribution in [0.3, 0.4) is 0 Å². The third-order valence-corrected chi connectivity index (χ3v) is 4.44. The lowest BCUT2D eigenvalue weighted by Crippen LogP contribution is -2.04. The van der Waals surface area contributed by atoms with Gasteiger partial charge in [0.15, 0.2) is 0 Å². The zero-order chi connectivity index (χ0) is 18.2. The number of aryl methyl sites for hydroxylation is 1. The van der Waals surface area contributed by atoms with Gasteiger partial charge in [0.2, 0.25) is 0 Å². The predicted molar refractivity (Wildman–Crippen MR) is 85.6 cm³/mol. The van der Waals surface area contributed by atoms with E-state index in [1.807, 2.05) is 0 Å². The number of hydrogen-bond acceptors (Lipinski definition) is 4. The second kappa shape index (κ2) is 6.32. The first-order valence-corrected chi connectivity index (χ1v) is 7.95. The molecule has 0 aliphatic rings. The average Bonchev–Trinajstić information content (AvgIpc) is 3.14. The van der Waals surface area contributed by atoms with Gasteiger partial charge in [0.1, 0.15) is 5.01 Å². The van der Waals surface area contributed by atoms with Gasteiger partial charge in [-0.25, -0.2) is 9.78 Å². The zero-order valence-electron chi connectivity index (χ0n) is 12.9. The molecule has 0 atom stereocenters. The number of aromatic nitrogens is 3. The fraction of sp³-hybridized carbons (Fsp3) is 0.188. The Labute approximate surface area is 144 Å². The molecule has 2 aromatic heterocycles. The van der Waals surface area contributed by atoms with Crippen LogP contribution in [0, 0.1) is 6.92 Å². The minimum atomic E-state index is -4.41. The largest absolute Gasteiger partial charge is 0.478 e. The number of nitrogens with zero attached hydrogens (tertiary/aromatic N) is 3. The second-order valence-corrected chi connectivity index (χ2v) is 6.61. The van der Waals surface area contributed by atoms with E-state index in [1.165, 1.54) is 34.5 Å². The number of carbonyl (C=O) groups is 1. The Hall–Kier alpha value is -2.68. The van der Waals surface area contributed by atoms with E-state index in [-0.39, 0.29) is 12.1 Å². The molecule has 0 fully saturated rings. The Morgan fingerprint density at radius 3 is 2.76 bits per heavy atom. The summed E-state index contributed by atoms with van der Waals surface area (Å²) in [5, 5.41) is 13.5. The number of halogens is 3. The molecule has 3 aromatic rings. The molecule has 25 heavy (non-hydrogen) atoms. The van der Waals surface area contributed by atoms with Crippen LogP contribution in [0.25, 0.3) is 11.3 Å². The molecular formula is C16H12F3N3O2S. The van der Waals surface area contributed by atoms with Gasteiger partial charge in [0.25, 0.3) is 0 Å². The van der Waals surface area contributed by atoms with Crippen molar-refractivity contribution < 1.29 is 23.1 Å². The minimum absolute atomic E-state index is 0.0615. The highest BCUT2D eigenvalue weighted by Crippen LogP contribution is 2.34. The number of rotatable bonds is 4. The quantitative estimate of drug-likeness (QED) is 0.754. The third-order valence-electron chi connectivity index (χ3n) is 3.48. The van der Waals surface area contributed by atoms with Gasteiger partial charge in [-0.15, -0.1) is 11.3 Å². The lowest BCUT2D eigenvalue weighted by atomic mass is 10.1. The van der Waals surface area contributed by atoms with E-state index in [1.54, 1.807) is 13.0 Å². The molecule has 0 saturated carbocycles. The van der Waals surface area contributed by atoms with Crippen LogP contribution in [-0.2, 0) is 12.7 Å². The molecule has 1 aromatic carbocycles. The molecule has 0 bridgehead atoms. The highest BCUT2D eigenvalue weighted by Gasteiger charge is 2.30. The van der Waals surface area contributed by atoms with Gasteiger partial charge in [-0.1, -0.05) is 12.1 Å². The maximum atomic E-state index is 12.9. The van der Waals surface area contributed by atoms with Gasteiger partial charge in [-0.2, -0.15) is 18.3 Å². The van der Waals surface area contributed by atoms with Crippen molar-refractivity contribution in [3.05, 3.63) is 57.7 Å². The summed E-state index contributed by atoms with van der Waals surface area (Å²) < 4.78 is 40.0. The molecule has 9 heteroatoms. The molecule has 2 heterocycles. The standard InChI is InChI=1S/C16H12F3N3O2S/c1-9-14(10-3-2-4-12(5-10)16(17,18)19)21-13(25-9)8-22-7-11(6-20-22)15(23)24/h2-7H,8H2,1H3,(H,23,24). The lowest BCUT2D eigenvalue weighted by Gasteiger charge is -2.07. The number of carboxylic acids is 1. The molecule has 0 aliphatic heterocycles. The van der Waals surface area contributed by atoms with Gasteiger partial charge in [-0.3, -0.25) is 4.68 Å². The van der Waals surface area contributed by atoms with E-state index in [0.717, 1.165) is 17.0 Å². The molecule has 1 N–H and O–H groups in total. The smallest absolute Gasteiger partial charge is 0.416 e. The highest BCUT2D eigenvalue weighted by molar-refractivity contribution is 7.12. The van der Waals surface area contributed by atoms with Crippen molar-refractivity contribution in [2.45, 2.75) is 19.6 Å². The topological polar surface area (TPSA) is 68.0 Å². The fourth-order valence-corrected chi connectivity index (χ4v) is 3.28. The van der Waals surface area contributed by atoms with E-state index >= 15 is 0 Å². The van der Waals surface area contributed by atoms with Crippen molar-refractivity contribution in [1.82, 2.24) is 14.8 Å². The molecule has 0 radical (unpaired) electrons. The Morgan fingerprint density at radius 2 is 2.12 bits per heavy atom. The van der Waals surface area contributed by atoms with Gasteiger partial charge in [-0.05, 0) is 19.1 Å². The van der Waals surface area contributed by atoms with Crippen LogP contribution < -0.4 is 0 Å². The molecule has 0 amide bonds. The SMILES string of the molecule is Cc1sc(Cn2cc(C(=O)O)cn2)nc1-c1cccc(C(F)(F)F)c1. The van der Waals surface area contributed by atoms with Crippen LogP contribution in [0.4, 0.5) is 13.2 Å². The summed E-state index contributed by atoms with van der Waals surface area (Å²) in [4.78, 5) is 16.0. The van der Waals surface area contributed by atoms with Gasteiger partial charge < -0.3 is 5.11 Å². The van der Waals surface area contributed by atoms with Gasteiger partial charge in [0, 0.05) is 16.6 Å². The summed E-state index contributed by atoms with van der Waals surface area (Å²) >= 11 is 1.33. The monoisotopic (exact) mass is 367 g/mol. The van der Waals surface area contributed by atoms with Crippen LogP contribution in [0.5, 0.6) is 0 Å². The Bertz CT molecular complexity index is 931. The Balaban J connectivity index is 1.88. The normalized spacial score (nSPS) is 11.7. The summed E-state index contributed by atoms with van der Waals surface area (Å²) in [6.07, 6.45) is -1.80. The van der Waals surface area contributed by atoms with E-state index in [2.05, 4.69) is 10.1 Å². The third kappa shape index (κ3) is 3.71. The van der Waals surface area contributed by atoms with Crippen LogP contribution in [-0.4, -0.2) is 25.8 Å². The van der Waals surface area contributed by atoms with Gasteiger partial charge in [0.05, 0.1) is 29.6 Å². The van der Waals surface area contributed by atoms with Crippen LogP contribution >= 0.6 is 11.3 Å². The first-order valence-electron chi connectivity index (χ1n) is 7.14. The van der Waals surface area contributed by atoms with Crippen molar-refractivity contribution in [2.75, 3.05) is 0 Å². The van der Waals surface area contributed by atoms with Crippen molar-refractivity contribution >= 4 is 17.3 Å². The first-order chi connectivity index (χ1) is 11.7. The minimum Gasteiger partial charge on any atom is -0.478 e. The number of carboxylic acid groups (broad SMARTS) is 1. The number of alkyl halides is 3. The van der Waals surface area contributed by atoms with E-state index in [9.17, 15) is 18.0 Å². The molecular weight excluding hydrogens is 355 g/mol. The van der Waals surface area contributed by atoms with Crippen LogP contribution in [0.1, 0.15) is 25.8 Å². The predicted octanol–water partition coefficient (Wildman–Crippen LogP) is 4.08. The number of aromatic carboxylic acids is 1. The lowest BCUT2D eigenvalue weighted by molar-refractivity contribution is -0.137.